The van der Waals surface area contributed by atoms with Gasteiger partial charge in [0.2, 0.25) is 0 Å². The lowest BCUT2D eigenvalue weighted by Crippen LogP contribution is -2.38. The summed E-state index contributed by atoms with van der Waals surface area (Å²) in [6.07, 6.45) is 4.44. The topological polar surface area (TPSA) is 86.9 Å². The summed E-state index contributed by atoms with van der Waals surface area (Å²) in [6, 6.07) is 10.9. The lowest BCUT2D eigenvalue weighted by Gasteiger charge is -2.26. The summed E-state index contributed by atoms with van der Waals surface area (Å²) >= 11 is 5.96. The number of carbonyl (C=O) groups is 1. The third kappa shape index (κ3) is 3.76. The van der Waals surface area contributed by atoms with Crippen LogP contribution in [-0.4, -0.2) is 37.7 Å². The largest absolute Gasteiger partial charge is 0.393 e. The molecule has 3 aromatic rings. The fourth-order valence-electron chi connectivity index (χ4n) is 3.71. The zero-order valence-corrected chi connectivity index (χ0v) is 16.1. The van der Waals surface area contributed by atoms with Crippen molar-refractivity contribution in [3.8, 4) is 11.3 Å². The molecule has 1 saturated carbocycles. The molecule has 0 atom stereocenters. The van der Waals surface area contributed by atoms with Crippen LogP contribution in [0.5, 0.6) is 0 Å². The molecule has 2 heterocycles. The van der Waals surface area contributed by atoms with Crippen molar-refractivity contribution in [2.24, 2.45) is 0 Å². The van der Waals surface area contributed by atoms with E-state index in [0.717, 1.165) is 18.4 Å². The molecule has 1 aliphatic rings. The highest BCUT2D eigenvalue weighted by molar-refractivity contribution is 6.30. The molecule has 0 unspecified atom stereocenters. The summed E-state index contributed by atoms with van der Waals surface area (Å²) in [7, 11) is 0. The number of hydrogen-bond donors (Lipinski definition) is 3. The summed E-state index contributed by atoms with van der Waals surface area (Å²) in [6.45, 7) is -0.204. The average molecular weight is 400 g/mol. The van der Waals surface area contributed by atoms with E-state index in [1.54, 1.807) is 34.9 Å². The molecule has 0 bridgehead atoms. The standard InChI is InChI=1S/C21H22ClN3O3/c22-15-4-1-13(2-5-15)20-18(12-26)25-11-14(3-10-19(25)24-20)21(28)23-16-6-8-17(27)9-7-16/h1-5,10-11,16-17,26-27H,6-9,12H2,(H,23,28)/t16-,17-. The van der Waals surface area contributed by atoms with Gasteiger partial charge in [-0.1, -0.05) is 23.7 Å². The van der Waals surface area contributed by atoms with Crippen LogP contribution in [0.15, 0.2) is 42.6 Å². The Morgan fingerprint density at radius 2 is 1.86 bits per heavy atom. The van der Waals surface area contributed by atoms with Crippen LogP contribution in [0.4, 0.5) is 0 Å². The Labute approximate surface area is 167 Å². The minimum atomic E-state index is -0.256. The molecule has 0 saturated heterocycles. The number of aliphatic hydroxyl groups excluding tert-OH is 2. The van der Waals surface area contributed by atoms with Crippen LogP contribution in [0.2, 0.25) is 5.02 Å². The Morgan fingerprint density at radius 1 is 1.14 bits per heavy atom. The number of carbonyl (C=O) groups excluding carboxylic acids is 1. The minimum Gasteiger partial charge on any atom is -0.393 e. The van der Waals surface area contributed by atoms with Crippen LogP contribution in [0, 0.1) is 0 Å². The molecule has 1 amide bonds. The minimum absolute atomic E-state index is 0.0799. The van der Waals surface area contributed by atoms with E-state index in [4.69, 9.17) is 11.6 Å². The number of nitrogens with zero attached hydrogens (tertiary/aromatic N) is 2. The summed E-state index contributed by atoms with van der Waals surface area (Å²) in [4.78, 5) is 17.3. The van der Waals surface area contributed by atoms with Crippen molar-refractivity contribution in [1.29, 1.82) is 0 Å². The molecular weight excluding hydrogens is 378 g/mol. The number of fused-ring (bicyclic) bond motifs is 1. The van der Waals surface area contributed by atoms with Gasteiger partial charge < -0.3 is 19.9 Å². The second-order valence-corrected chi connectivity index (χ2v) is 7.63. The molecule has 6 nitrogen and oxygen atoms in total. The average Bonchev–Trinajstić information content (AvgIpc) is 3.08. The Hall–Kier alpha value is -2.41. The van der Waals surface area contributed by atoms with E-state index in [0.29, 0.717) is 40.5 Å². The number of halogens is 1. The molecule has 7 heteroatoms. The van der Waals surface area contributed by atoms with E-state index in [-0.39, 0.29) is 24.7 Å². The van der Waals surface area contributed by atoms with E-state index in [9.17, 15) is 15.0 Å². The molecule has 4 rings (SSSR count). The van der Waals surface area contributed by atoms with Gasteiger partial charge in [-0.2, -0.15) is 0 Å². The third-order valence-corrected chi connectivity index (χ3v) is 5.53. The van der Waals surface area contributed by atoms with Gasteiger partial charge in [-0.15, -0.1) is 0 Å². The number of imidazole rings is 1. The van der Waals surface area contributed by atoms with Crippen molar-refractivity contribution < 1.29 is 15.0 Å². The maximum atomic E-state index is 12.7. The monoisotopic (exact) mass is 399 g/mol. The molecule has 0 aliphatic heterocycles. The van der Waals surface area contributed by atoms with Gasteiger partial charge in [0.1, 0.15) is 5.65 Å². The van der Waals surface area contributed by atoms with Gasteiger partial charge in [0.15, 0.2) is 0 Å². The molecule has 3 N–H and O–H groups in total. The Balaban J connectivity index is 1.63. The second kappa shape index (κ2) is 7.91. The second-order valence-electron chi connectivity index (χ2n) is 7.20. The predicted octanol–water partition coefficient (Wildman–Crippen LogP) is 3.18. The quantitative estimate of drug-likeness (QED) is 0.628. The van der Waals surface area contributed by atoms with Crippen LogP contribution < -0.4 is 5.32 Å². The van der Waals surface area contributed by atoms with Gasteiger partial charge in [0, 0.05) is 22.8 Å². The van der Waals surface area contributed by atoms with Crippen LogP contribution in [0.25, 0.3) is 16.9 Å². The molecule has 146 valence electrons. The van der Waals surface area contributed by atoms with E-state index < -0.39 is 0 Å². The van der Waals surface area contributed by atoms with Crippen LogP contribution in [-0.2, 0) is 6.61 Å². The van der Waals surface area contributed by atoms with Gasteiger partial charge in [0.05, 0.1) is 29.7 Å². The lowest BCUT2D eigenvalue weighted by molar-refractivity contribution is 0.0867. The maximum Gasteiger partial charge on any atom is 0.252 e. The Kier molecular flexibility index (Phi) is 5.35. The van der Waals surface area contributed by atoms with Gasteiger partial charge in [-0.25, -0.2) is 4.98 Å². The maximum absolute atomic E-state index is 12.7. The number of nitrogens with one attached hydrogen (secondary N) is 1. The van der Waals surface area contributed by atoms with E-state index >= 15 is 0 Å². The molecule has 2 aromatic heterocycles. The molecule has 1 fully saturated rings. The van der Waals surface area contributed by atoms with Gasteiger partial charge >= 0.3 is 0 Å². The number of benzene rings is 1. The van der Waals surface area contributed by atoms with Crippen LogP contribution in [0.3, 0.4) is 0 Å². The molecule has 1 aliphatic carbocycles. The number of hydrogen-bond acceptors (Lipinski definition) is 4. The summed E-state index contributed by atoms with van der Waals surface area (Å²) in [5.41, 5.74) is 3.30. The number of rotatable bonds is 4. The van der Waals surface area contributed by atoms with Crippen LogP contribution in [0.1, 0.15) is 41.7 Å². The summed E-state index contributed by atoms with van der Waals surface area (Å²) in [5, 5.41) is 23.2. The first kappa shape index (κ1) is 18.9. The Morgan fingerprint density at radius 3 is 2.54 bits per heavy atom. The van der Waals surface area contributed by atoms with E-state index in [1.807, 2.05) is 12.1 Å². The molecule has 28 heavy (non-hydrogen) atoms. The van der Waals surface area contributed by atoms with Crippen molar-refractivity contribution >= 4 is 23.2 Å². The normalized spacial score (nSPS) is 19.7. The van der Waals surface area contributed by atoms with Crippen LogP contribution >= 0.6 is 11.6 Å². The number of aromatic nitrogens is 2. The lowest BCUT2D eigenvalue weighted by atomic mass is 9.93. The van der Waals surface area contributed by atoms with Crippen molar-refractivity contribution in [3.63, 3.8) is 0 Å². The van der Waals surface area contributed by atoms with Crippen molar-refractivity contribution in [3.05, 3.63) is 58.9 Å². The number of aliphatic hydroxyl groups is 2. The molecule has 0 radical (unpaired) electrons. The van der Waals surface area contributed by atoms with Gasteiger partial charge in [-0.05, 0) is 49.9 Å². The summed E-state index contributed by atoms with van der Waals surface area (Å²) < 4.78 is 1.75. The number of amides is 1. The molecule has 0 spiro atoms. The number of pyridine rings is 1. The van der Waals surface area contributed by atoms with Crippen molar-refractivity contribution in [2.75, 3.05) is 0 Å². The zero-order valence-electron chi connectivity index (χ0n) is 15.3. The first-order valence-corrected chi connectivity index (χ1v) is 9.79. The van der Waals surface area contributed by atoms with Crippen molar-refractivity contribution in [2.45, 2.75) is 44.4 Å². The van der Waals surface area contributed by atoms with Gasteiger partial charge in [0.25, 0.3) is 5.91 Å². The highest BCUT2D eigenvalue weighted by atomic mass is 35.5. The van der Waals surface area contributed by atoms with E-state index in [2.05, 4.69) is 10.3 Å². The molecule has 1 aromatic carbocycles. The SMILES string of the molecule is O=C(N[C@H]1CC[C@H](O)CC1)c1ccc2nc(-c3ccc(Cl)cc3)c(CO)n2c1. The predicted molar refractivity (Wildman–Crippen MR) is 107 cm³/mol. The highest BCUT2D eigenvalue weighted by Gasteiger charge is 2.22. The first-order chi connectivity index (χ1) is 13.5. The van der Waals surface area contributed by atoms with E-state index in [1.165, 1.54) is 0 Å². The first-order valence-electron chi connectivity index (χ1n) is 9.42. The smallest absolute Gasteiger partial charge is 0.252 e. The fraction of sp³-hybridized carbons (Fsp3) is 0.333. The fourth-order valence-corrected chi connectivity index (χ4v) is 3.83. The summed E-state index contributed by atoms with van der Waals surface area (Å²) in [5.74, 6) is -0.158. The third-order valence-electron chi connectivity index (χ3n) is 5.28. The van der Waals surface area contributed by atoms with Crippen molar-refractivity contribution in [1.82, 2.24) is 14.7 Å². The highest BCUT2D eigenvalue weighted by Crippen LogP contribution is 2.26. The Bertz CT molecular complexity index is 992. The van der Waals surface area contributed by atoms with Gasteiger partial charge in [-0.3, -0.25) is 4.79 Å². The zero-order chi connectivity index (χ0) is 19.7. The molecular formula is C21H22ClN3O3.